The molecule has 1 rings (SSSR count). The topological polar surface area (TPSA) is 102 Å². The van der Waals surface area contributed by atoms with Crippen LogP contribution in [0.15, 0.2) is 0 Å². The van der Waals surface area contributed by atoms with Crippen molar-refractivity contribution < 1.29 is 19.4 Å². The second kappa shape index (κ2) is 4.80. The van der Waals surface area contributed by atoms with Crippen molar-refractivity contribution >= 4 is 11.9 Å². The Labute approximate surface area is 94.1 Å². The van der Waals surface area contributed by atoms with Crippen LogP contribution in [0.25, 0.3) is 0 Å². The number of carboxylic acid groups (broad SMARTS) is 1. The van der Waals surface area contributed by atoms with Gasteiger partial charge in [0.2, 0.25) is 5.91 Å². The average molecular weight is 230 g/mol. The summed E-state index contributed by atoms with van der Waals surface area (Å²) in [6, 6.07) is -0.727. The van der Waals surface area contributed by atoms with E-state index in [0.717, 1.165) is 0 Å². The van der Waals surface area contributed by atoms with Gasteiger partial charge in [-0.05, 0) is 13.8 Å². The van der Waals surface area contributed by atoms with E-state index in [-0.39, 0.29) is 31.6 Å². The van der Waals surface area contributed by atoms with Crippen LogP contribution in [0, 0.1) is 5.41 Å². The highest BCUT2D eigenvalue weighted by Crippen LogP contribution is 2.28. The van der Waals surface area contributed by atoms with E-state index in [9.17, 15) is 9.59 Å². The molecule has 3 atom stereocenters. The Bertz CT molecular complexity index is 293. The molecule has 0 bridgehead atoms. The van der Waals surface area contributed by atoms with Gasteiger partial charge in [0.05, 0.1) is 19.3 Å². The van der Waals surface area contributed by atoms with Crippen LogP contribution in [0.4, 0.5) is 0 Å². The summed E-state index contributed by atoms with van der Waals surface area (Å²) in [6.07, 6.45) is 0.187. The molecule has 0 spiro atoms. The third-order valence-electron chi connectivity index (χ3n) is 2.79. The molecule has 0 aromatic rings. The molecule has 0 aliphatic carbocycles. The van der Waals surface area contributed by atoms with E-state index >= 15 is 0 Å². The van der Waals surface area contributed by atoms with Gasteiger partial charge in [0.25, 0.3) is 0 Å². The predicted octanol–water partition coefficient (Wildman–Crippen LogP) is -0.670. The Morgan fingerprint density at radius 3 is 2.81 bits per heavy atom. The second-order valence-electron chi connectivity index (χ2n) is 4.54. The van der Waals surface area contributed by atoms with Crippen LogP contribution in [-0.2, 0) is 14.3 Å². The van der Waals surface area contributed by atoms with E-state index in [4.69, 9.17) is 15.6 Å². The number of nitrogens with one attached hydrogen (secondary N) is 1. The first-order chi connectivity index (χ1) is 7.36. The molecule has 0 aromatic carbocycles. The normalized spacial score (nSPS) is 31.1. The molecule has 0 radical (unpaired) electrons. The Morgan fingerprint density at radius 1 is 1.69 bits per heavy atom. The number of rotatable bonds is 4. The number of ether oxygens (including phenoxy) is 1. The average Bonchev–Trinajstić information content (AvgIpc) is 2.47. The molecule has 6 heteroatoms. The number of nitrogens with two attached hydrogens (primary N) is 1. The third-order valence-corrected chi connectivity index (χ3v) is 2.79. The molecule has 1 fully saturated rings. The van der Waals surface area contributed by atoms with Crippen LogP contribution in [0.5, 0.6) is 0 Å². The molecule has 1 aliphatic heterocycles. The van der Waals surface area contributed by atoms with Gasteiger partial charge in [-0.25, -0.2) is 0 Å². The highest BCUT2D eigenvalue weighted by atomic mass is 16.5. The minimum Gasteiger partial charge on any atom is -0.481 e. The van der Waals surface area contributed by atoms with Gasteiger partial charge in [-0.2, -0.15) is 0 Å². The van der Waals surface area contributed by atoms with Crippen LogP contribution in [0.2, 0.25) is 0 Å². The van der Waals surface area contributed by atoms with Crippen molar-refractivity contribution in [3.05, 3.63) is 0 Å². The molecule has 1 aliphatic rings. The van der Waals surface area contributed by atoms with Crippen LogP contribution < -0.4 is 11.1 Å². The summed E-state index contributed by atoms with van der Waals surface area (Å²) in [7, 11) is 0. The molecule has 0 saturated carbocycles. The maximum Gasteiger partial charge on any atom is 0.313 e. The number of carboxylic acids is 1. The summed E-state index contributed by atoms with van der Waals surface area (Å²) in [5.74, 6) is -1.20. The van der Waals surface area contributed by atoms with Gasteiger partial charge in [-0.1, -0.05) is 0 Å². The zero-order chi connectivity index (χ0) is 12.3. The molecule has 3 unspecified atom stereocenters. The smallest absolute Gasteiger partial charge is 0.313 e. The van der Waals surface area contributed by atoms with Crippen molar-refractivity contribution in [3.63, 3.8) is 0 Å². The van der Waals surface area contributed by atoms with Gasteiger partial charge in [-0.3, -0.25) is 9.59 Å². The molecule has 1 heterocycles. The molecule has 4 N–H and O–H groups in total. The van der Waals surface area contributed by atoms with Crippen LogP contribution in [0.3, 0.4) is 0 Å². The van der Waals surface area contributed by atoms with Gasteiger partial charge < -0.3 is 20.9 Å². The van der Waals surface area contributed by atoms with E-state index in [1.807, 2.05) is 0 Å². The van der Waals surface area contributed by atoms with E-state index in [1.54, 1.807) is 13.8 Å². The number of hydrogen-bond donors (Lipinski definition) is 3. The lowest BCUT2D eigenvalue weighted by atomic mass is 9.85. The predicted molar refractivity (Wildman–Crippen MR) is 56.8 cm³/mol. The van der Waals surface area contributed by atoms with E-state index < -0.39 is 17.4 Å². The fourth-order valence-electron chi connectivity index (χ4n) is 1.63. The number of amides is 1. The Morgan fingerprint density at radius 2 is 2.31 bits per heavy atom. The minimum absolute atomic E-state index is 0.117. The van der Waals surface area contributed by atoms with Crippen molar-refractivity contribution in [1.82, 2.24) is 5.32 Å². The second-order valence-corrected chi connectivity index (χ2v) is 4.54. The van der Waals surface area contributed by atoms with Crippen molar-refractivity contribution in [3.8, 4) is 0 Å². The van der Waals surface area contributed by atoms with Gasteiger partial charge in [-0.15, -0.1) is 0 Å². The maximum absolute atomic E-state index is 11.5. The zero-order valence-electron chi connectivity index (χ0n) is 9.53. The fourth-order valence-corrected chi connectivity index (χ4v) is 1.63. The first-order valence-corrected chi connectivity index (χ1v) is 5.22. The molecular weight excluding hydrogens is 212 g/mol. The van der Waals surface area contributed by atoms with Crippen molar-refractivity contribution in [2.45, 2.75) is 32.4 Å². The van der Waals surface area contributed by atoms with E-state index in [0.29, 0.717) is 0 Å². The number of aliphatic carboxylic acids is 1. The Hall–Kier alpha value is -1.14. The fraction of sp³-hybridized carbons (Fsp3) is 0.800. The lowest BCUT2D eigenvalue weighted by Crippen LogP contribution is -2.50. The molecule has 92 valence electrons. The largest absolute Gasteiger partial charge is 0.481 e. The van der Waals surface area contributed by atoms with Crippen LogP contribution in [0.1, 0.15) is 20.3 Å². The minimum atomic E-state index is -1.05. The van der Waals surface area contributed by atoms with Crippen LogP contribution >= 0.6 is 0 Å². The van der Waals surface area contributed by atoms with Crippen LogP contribution in [-0.4, -0.2) is 42.3 Å². The summed E-state index contributed by atoms with van der Waals surface area (Å²) in [4.78, 5) is 22.6. The SMILES string of the molecule is CC(N)CC(=O)NC1COCC1(C)C(=O)O. The summed E-state index contributed by atoms with van der Waals surface area (Å²) in [5, 5.41) is 11.7. The first kappa shape index (κ1) is 12.9. The number of hydrogen-bond acceptors (Lipinski definition) is 4. The van der Waals surface area contributed by atoms with Gasteiger partial charge >= 0.3 is 5.97 Å². The molecule has 1 amide bonds. The highest BCUT2D eigenvalue weighted by molar-refractivity contribution is 5.80. The summed E-state index contributed by atoms with van der Waals surface area (Å²) < 4.78 is 5.11. The van der Waals surface area contributed by atoms with Gasteiger partial charge in [0, 0.05) is 12.5 Å². The first-order valence-electron chi connectivity index (χ1n) is 5.22. The molecule has 0 aromatic heterocycles. The third kappa shape index (κ3) is 2.70. The Balaban J connectivity index is 2.60. The number of carbonyl (C=O) groups excluding carboxylic acids is 1. The van der Waals surface area contributed by atoms with Gasteiger partial charge in [0.1, 0.15) is 5.41 Å². The molecule has 6 nitrogen and oxygen atoms in total. The van der Waals surface area contributed by atoms with E-state index in [2.05, 4.69) is 5.32 Å². The molecule has 1 saturated heterocycles. The zero-order valence-corrected chi connectivity index (χ0v) is 9.53. The lowest BCUT2D eigenvalue weighted by molar-refractivity contribution is -0.149. The maximum atomic E-state index is 11.5. The monoisotopic (exact) mass is 230 g/mol. The van der Waals surface area contributed by atoms with Gasteiger partial charge in [0.15, 0.2) is 0 Å². The molecule has 16 heavy (non-hydrogen) atoms. The summed E-state index contributed by atoms with van der Waals surface area (Å²) in [5.41, 5.74) is 4.44. The standard InChI is InChI=1S/C10H18N2O4/c1-6(11)3-8(13)12-7-4-16-5-10(7,2)9(14)15/h6-7H,3-5,11H2,1-2H3,(H,12,13)(H,14,15). The number of carbonyl (C=O) groups is 2. The van der Waals surface area contributed by atoms with E-state index in [1.165, 1.54) is 0 Å². The highest BCUT2D eigenvalue weighted by Gasteiger charge is 2.47. The van der Waals surface area contributed by atoms with Crippen molar-refractivity contribution in [1.29, 1.82) is 0 Å². The molecular formula is C10H18N2O4. The quantitative estimate of drug-likeness (QED) is 0.594. The summed E-state index contributed by atoms with van der Waals surface area (Å²) in [6.45, 7) is 3.64. The Kier molecular flexibility index (Phi) is 3.88. The summed E-state index contributed by atoms with van der Waals surface area (Å²) >= 11 is 0. The lowest BCUT2D eigenvalue weighted by Gasteiger charge is -2.25. The van der Waals surface area contributed by atoms with Crippen molar-refractivity contribution in [2.24, 2.45) is 11.1 Å². The van der Waals surface area contributed by atoms with Crippen molar-refractivity contribution in [2.75, 3.05) is 13.2 Å².